The van der Waals surface area contributed by atoms with Gasteiger partial charge in [-0.3, -0.25) is 9.98 Å². The predicted octanol–water partition coefficient (Wildman–Crippen LogP) is 17.6. The summed E-state index contributed by atoms with van der Waals surface area (Å²) in [4.78, 5) is 10.6. The molecule has 0 aliphatic carbocycles. The fraction of sp³-hybridized carbons (Fsp3) is 0.725. The molecule has 3 heteroatoms. The molecule has 2 nitrogen and oxygen atoms in total. The molecule has 0 aromatic heterocycles. The van der Waals surface area contributed by atoms with Crippen molar-refractivity contribution in [1.82, 2.24) is 0 Å². The van der Waals surface area contributed by atoms with Crippen LogP contribution in [-0.4, -0.2) is 11.4 Å². The number of aliphatic imine (C=N–C) groups is 2. The van der Waals surface area contributed by atoms with E-state index in [9.17, 15) is 0 Å². The third-order valence-corrected chi connectivity index (χ3v) is 11.1. The Balaban J connectivity index is 0.0000146. The zero-order valence-corrected chi connectivity index (χ0v) is 37.9. The molecule has 0 N–H and O–H groups in total. The predicted molar refractivity (Wildman–Crippen MR) is 240 cm³/mol. The molecule has 0 fully saturated rings. The van der Waals surface area contributed by atoms with Crippen molar-refractivity contribution in [1.29, 1.82) is 0 Å². The fourth-order valence-corrected chi connectivity index (χ4v) is 7.69. The molecule has 0 heterocycles. The zero-order valence-electron chi connectivity index (χ0n) is 36.4. The smallest absolute Gasteiger partial charge is 0.0639 e. The van der Waals surface area contributed by atoms with Gasteiger partial charge in [-0.2, -0.15) is 0 Å². The second-order valence-corrected chi connectivity index (χ2v) is 16.3. The van der Waals surface area contributed by atoms with Gasteiger partial charge >= 0.3 is 0 Å². The Bertz CT molecular complexity index is 1170. The first-order valence-corrected chi connectivity index (χ1v) is 23.5. The number of nitrogens with zero attached hydrogens (tertiary/aromatic N) is 2. The average molecular weight is 834 g/mol. The van der Waals surface area contributed by atoms with Gasteiger partial charge in [0.05, 0.1) is 22.8 Å². The van der Waals surface area contributed by atoms with Crippen LogP contribution in [0.15, 0.2) is 52.4 Å². The van der Waals surface area contributed by atoms with Crippen LogP contribution in [0.25, 0.3) is 0 Å². The normalized spacial score (nSPS) is 12.0. The number of unbranched alkanes of at least 4 members (excludes halogenated alkanes) is 23. The summed E-state index contributed by atoms with van der Waals surface area (Å²) in [5.41, 5.74) is 8.91. The molecule has 2 aromatic carbocycles. The van der Waals surface area contributed by atoms with Gasteiger partial charge in [0, 0.05) is 20.4 Å². The van der Waals surface area contributed by atoms with Gasteiger partial charge in [0.15, 0.2) is 0 Å². The molecule has 0 bridgehead atoms. The molecule has 2 rings (SSSR count). The van der Waals surface area contributed by atoms with Gasteiger partial charge in [0.1, 0.15) is 0 Å². The van der Waals surface area contributed by atoms with Crippen molar-refractivity contribution >= 4 is 22.8 Å². The summed E-state index contributed by atoms with van der Waals surface area (Å²) in [5.74, 6) is 0. The van der Waals surface area contributed by atoms with Gasteiger partial charge in [-0.1, -0.05) is 200 Å². The van der Waals surface area contributed by atoms with E-state index in [0.29, 0.717) is 0 Å². The van der Waals surface area contributed by atoms with Crippen LogP contribution in [0.2, 0.25) is 0 Å². The molecule has 0 amide bonds. The van der Waals surface area contributed by atoms with Gasteiger partial charge < -0.3 is 0 Å². The standard InChI is InChI=1S/C51H86N2.Pd/c1-6-11-15-16-17-18-19-20-21-22-23-24-25-26-27-28-29-33-34-45-38-40-48(41-39-45)52-50(10-5)51(37-32-14-9-4)53-49-43-46(35-30-12-7-2)42-47(44-49)36-31-13-8-3;/h38-44H,6-37H2,1-5H3;/b52-50+,53-51+;. The van der Waals surface area contributed by atoms with Crippen molar-refractivity contribution < 1.29 is 20.4 Å². The zero-order chi connectivity index (χ0) is 38.0. The van der Waals surface area contributed by atoms with Gasteiger partial charge in [0.25, 0.3) is 0 Å². The van der Waals surface area contributed by atoms with Crippen LogP contribution in [0.5, 0.6) is 0 Å². The van der Waals surface area contributed by atoms with E-state index in [1.807, 2.05) is 0 Å². The van der Waals surface area contributed by atoms with Crippen LogP contribution in [-0.2, 0) is 39.7 Å². The molecular weight excluding hydrogens is 747 g/mol. The average Bonchev–Trinajstić information content (AvgIpc) is 3.17. The summed E-state index contributed by atoms with van der Waals surface area (Å²) in [6.07, 6.45) is 42.4. The fourth-order valence-electron chi connectivity index (χ4n) is 7.69. The van der Waals surface area contributed by atoms with E-state index >= 15 is 0 Å². The summed E-state index contributed by atoms with van der Waals surface area (Å²) < 4.78 is 0. The van der Waals surface area contributed by atoms with Crippen LogP contribution >= 0.6 is 0 Å². The molecule has 0 unspecified atom stereocenters. The number of rotatable bonds is 35. The SMILES string of the molecule is CCCCCCCCCCCCCCCCCCCCc1ccc(/N=C(CC)/C(CCCCC)=N/c2cc(CCCCC)cc(CCCCC)c2)cc1.[Pd]. The van der Waals surface area contributed by atoms with Crippen molar-refractivity contribution in [3.63, 3.8) is 0 Å². The first-order chi connectivity index (χ1) is 26.1. The monoisotopic (exact) mass is 833 g/mol. The van der Waals surface area contributed by atoms with Crippen LogP contribution < -0.4 is 0 Å². The van der Waals surface area contributed by atoms with Crippen LogP contribution in [0.1, 0.15) is 238 Å². The number of benzene rings is 2. The van der Waals surface area contributed by atoms with E-state index < -0.39 is 0 Å². The Morgan fingerprint density at radius 3 is 1.15 bits per heavy atom. The van der Waals surface area contributed by atoms with E-state index in [1.54, 1.807) is 0 Å². The minimum absolute atomic E-state index is 0. The summed E-state index contributed by atoms with van der Waals surface area (Å²) in [6.45, 7) is 11.4. The molecule has 310 valence electrons. The second kappa shape index (κ2) is 35.8. The summed E-state index contributed by atoms with van der Waals surface area (Å²) in [6, 6.07) is 16.3. The van der Waals surface area contributed by atoms with Crippen molar-refractivity contribution in [2.45, 2.75) is 240 Å². The van der Waals surface area contributed by atoms with Gasteiger partial charge in [-0.15, -0.1) is 0 Å². The van der Waals surface area contributed by atoms with Gasteiger partial charge in [-0.05, 0) is 98.7 Å². The maximum atomic E-state index is 5.39. The topological polar surface area (TPSA) is 24.7 Å². The Morgan fingerprint density at radius 2 is 0.704 bits per heavy atom. The third-order valence-electron chi connectivity index (χ3n) is 11.1. The summed E-state index contributed by atoms with van der Waals surface area (Å²) in [5, 5.41) is 0. The first kappa shape index (κ1) is 50.5. The number of hydrogen-bond acceptors (Lipinski definition) is 2. The number of hydrogen-bond donors (Lipinski definition) is 0. The molecule has 0 atom stereocenters. The van der Waals surface area contributed by atoms with Crippen molar-refractivity contribution in [3.05, 3.63) is 59.2 Å². The summed E-state index contributed by atoms with van der Waals surface area (Å²) in [7, 11) is 0. The third kappa shape index (κ3) is 25.6. The maximum Gasteiger partial charge on any atom is 0.0639 e. The molecule has 0 spiro atoms. The molecular formula is C51H86N2Pd. The van der Waals surface area contributed by atoms with Crippen molar-refractivity contribution in [2.75, 3.05) is 0 Å². The van der Waals surface area contributed by atoms with Crippen LogP contribution in [0, 0.1) is 0 Å². The Labute approximate surface area is 350 Å². The Morgan fingerprint density at radius 1 is 0.352 bits per heavy atom. The molecule has 0 saturated heterocycles. The quantitative estimate of drug-likeness (QED) is 0.0375. The molecule has 0 saturated carbocycles. The minimum Gasteiger partial charge on any atom is -0.252 e. The van der Waals surface area contributed by atoms with Gasteiger partial charge in [-0.25, -0.2) is 0 Å². The Hall–Kier alpha value is -1.56. The van der Waals surface area contributed by atoms with E-state index in [4.69, 9.17) is 9.98 Å². The summed E-state index contributed by atoms with van der Waals surface area (Å²) >= 11 is 0. The molecule has 0 aliphatic heterocycles. The first-order valence-electron chi connectivity index (χ1n) is 23.5. The van der Waals surface area contributed by atoms with Crippen LogP contribution in [0.4, 0.5) is 11.4 Å². The minimum atomic E-state index is 0. The molecule has 2 aromatic rings. The van der Waals surface area contributed by atoms with E-state index in [1.165, 1.54) is 202 Å². The van der Waals surface area contributed by atoms with Crippen molar-refractivity contribution in [3.8, 4) is 0 Å². The van der Waals surface area contributed by atoms with Crippen molar-refractivity contribution in [2.24, 2.45) is 9.98 Å². The second-order valence-electron chi connectivity index (χ2n) is 16.3. The molecule has 54 heavy (non-hydrogen) atoms. The van der Waals surface area contributed by atoms with Gasteiger partial charge in [0.2, 0.25) is 0 Å². The largest absolute Gasteiger partial charge is 0.252 e. The van der Waals surface area contributed by atoms with E-state index in [0.717, 1.165) is 42.8 Å². The van der Waals surface area contributed by atoms with E-state index in [2.05, 4.69) is 77.1 Å². The molecule has 0 radical (unpaired) electrons. The maximum absolute atomic E-state index is 5.39. The Kier molecular flexibility index (Phi) is 33.5. The number of aryl methyl sites for hydroxylation is 3. The van der Waals surface area contributed by atoms with Crippen LogP contribution in [0.3, 0.4) is 0 Å². The van der Waals surface area contributed by atoms with E-state index in [-0.39, 0.29) is 20.4 Å². The molecule has 0 aliphatic rings.